The second-order valence-corrected chi connectivity index (χ2v) is 6.17. The van der Waals surface area contributed by atoms with Crippen molar-refractivity contribution in [1.29, 1.82) is 5.26 Å². The molecule has 0 amide bonds. The van der Waals surface area contributed by atoms with E-state index in [4.69, 9.17) is 15.0 Å². The van der Waals surface area contributed by atoms with Crippen molar-refractivity contribution < 1.29 is 9.53 Å². The van der Waals surface area contributed by atoms with Gasteiger partial charge in [0.2, 0.25) is 0 Å². The zero-order valence-corrected chi connectivity index (χ0v) is 13.7. The summed E-state index contributed by atoms with van der Waals surface area (Å²) in [7, 11) is 0. The van der Waals surface area contributed by atoms with Crippen LogP contribution in [0.3, 0.4) is 0 Å². The summed E-state index contributed by atoms with van der Waals surface area (Å²) in [6, 6.07) is 16.9. The van der Waals surface area contributed by atoms with Crippen LogP contribution in [0.25, 0.3) is 10.9 Å². The first-order valence-electron chi connectivity index (χ1n) is 8.33. The maximum Gasteiger partial charge on any atom is 0.339 e. The fourth-order valence-electron chi connectivity index (χ4n) is 3.40. The summed E-state index contributed by atoms with van der Waals surface area (Å²) >= 11 is 0. The van der Waals surface area contributed by atoms with Gasteiger partial charge in [0.05, 0.1) is 22.7 Å². The highest BCUT2D eigenvalue weighted by Crippen LogP contribution is 2.30. The van der Waals surface area contributed by atoms with Crippen molar-refractivity contribution in [3.63, 3.8) is 0 Å². The second-order valence-electron chi connectivity index (χ2n) is 6.17. The Balaban J connectivity index is 1.67. The van der Waals surface area contributed by atoms with Crippen molar-refractivity contribution >= 4 is 16.9 Å². The van der Waals surface area contributed by atoms with Gasteiger partial charge < -0.3 is 4.74 Å². The molecule has 0 unspecified atom stereocenters. The highest BCUT2D eigenvalue weighted by Gasteiger charge is 2.24. The van der Waals surface area contributed by atoms with E-state index >= 15 is 0 Å². The Bertz CT molecular complexity index is 1020. The van der Waals surface area contributed by atoms with Crippen LogP contribution in [0.15, 0.2) is 48.5 Å². The highest BCUT2D eigenvalue weighted by atomic mass is 16.5. The van der Waals surface area contributed by atoms with Crippen molar-refractivity contribution in [3.05, 3.63) is 76.5 Å². The van der Waals surface area contributed by atoms with Crippen LogP contribution in [-0.2, 0) is 24.2 Å². The van der Waals surface area contributed by atoms with E-state index in [-0.39, 0.29) is 12.6 Å². The minimum atomic E-state index is -0.320. The van der Waals surface area contributed by atoms with E-state index in [2.05, 4.69) is 6.07 Å². The lowest BCUT2D eigenvalue weighted by atomic mass is 10.0. The molecule has 122 valence electrons. The average molecular weight is 328 g/mol. The first-order valence-corrected chi connectivity index (χ1v) is 8.33. The first-order chi connectivity index (χ1) is 12.3. The predicted octanol–water partition coefficient (Wildman–Crippen LogP) is 3.95. The SMILES string of the molecule is N#Cc1cccc(COC(=O)c2c3c(nc4ccccc24)CCC3)c1. The van der Waals surface area contributed by atoms with Crippen LogP contribution < -0.4 is 0 Å². The lowest BCUT2D eigenvalue weighted by Crippen LogP contribution is -2.10. The number of carbonyl (C=O) groups excluding carboxylic acids is 1. The maximum atomic E-state index is 12.8. The normalized spacial score (nSPS) is 12.6. The van der Waals surface area contributed by atoms with Crippen molar-refractivity contribution in [2.45, 2.75) is 25.9 Å². The Kier molecular flexibility index (Phi) is 3.91. The number of hydrogen-bond donors (Lipinski definition) is 0. The van der Waals surface area contributed by atoms with Crippen molar-refractivity contribution in [2.24, 2.45) is 0 Å². The van der Waals surface area contributed by atoms with Gasteiger partial charge in [0.1, 0.15) is 6.61 Å². The van der Waals surface area contributed by atoms with Gasteiger partial charge in [-0.1, -0.05) is 30.3 Å². The Hall–Kier alpha value is -3.19. The third kappa shape index (κ3) is 2.85. The van der Waals surface area contributed by atoms with E-state index < -0.39 is 0 Å². The average Bonchev–Trinajstić information content (AvgIpc) is 3.12. The molecular weight excluding hydrogens is 312 g/mol. The Morgan fingerprint density at radius 1 is 1.16 bits per heavy atom. The standard InChI is InChI=1S/C21H16N2O2/c22-12-14-5-3-6-15(11-14)13-25-21(24)20-16-7-1-2-9-18(16)23-19-10-4-8-17(19)20/h1-3,5-7,9,11H,4,8,10,13H2. The monoisotopic (exact) mass is 328 g/mol. The molecule has 2 aromatic carbocycles. The number of rotatable bonds is 3. The molecule has 1 aliphatic rings. The van der Waals surface area contributed by atoms with Gasteiger partial charge in [-0.25, -0.2) is 4.79 Å². The highest BCUT2D eigenvalue weighted by molar-refractivity contribution is 6.05. The molecule has 0 radical (unpaired) electrons. The number of para-hydroxylation sites is 1. The number of nitrogens with zero attached hydrogens (tertiary/aromatic N) is 2. The van der Waals surface area contributed by atoms with Crippen molar-refractivity contribution in [2.75, 3.05) is 0 Å². The molecule has 0 saturated carbocycles. The fraction of sp³-hybridized carbons (Fsp3) is 0.190. The molecule has 0 spiro atoms. The third-order valence-corrected chi connectivity index (χ3v) is 4.55. The van der Waals surface area contributed by atoms with Crippen LogP contribution >= 0.6 is 0 Å². The van der Waals surface area contributed by atoms with Crippen LogP contribution in [0.4, 0.5) is 0 Å². The molecule has 0 aliphatic heterocycles. The van der Waals surface area contributed by atoms with Crippen LogP contribution in [0, 0.1) is 11.3 Å². The molecule has 4 rings (SSSR count). The Morgan fingerprint density at radius 2 is 2.04 bits per heavy atom. The molecule has 0 bridgehead atoms. The van der Waals surface area contributed by atoms with Gasteiger partial charge in [0.25, 0.3) is 0 Å². The van der Waals surface area contributed by atoms with Gasteiger partial charge in [-0.2, -0.15) is 5.26 Å². The molecule has 0 N–H and O–H groups in total. The van der Waals surface area contributed by atoms with E-state index in [0.717, 1.165) is 47.0 Å². The summed E-state index contributed by atoms with van der Waals surface area (Å²) in [4.78, 5) is 17.5. The van der Waals surface area contributed by atoms with Crippen molar-refractivity contribution in [1.82, 2.24) is 4.98 Å². The van der Waals surface area contributed by atoms with E-state index in [1.807, 2.05) is 30.3 Å². The number of aromatic nitrogens is 1. The number of pyridine rings is 1. The minimum absolute atomic E-state index is 0.153. The third-order valence-electron chi connectivity index (χ3n) is 4.55. The summed E-state index contributed by atoms with van der Waals surface area (Å²) in [5, 5.41) is 9.82. The topological polar surface area (TPSA) is 63.0 Å². The molecule has 25 heavy (non-hydrogen) atoms. The predicted molar refractivity (Wildman–Crippen MR) is 94.0 cm³/mol. The van der Waals surface area contributed by atoms with Gasteiger partial charge in [-0.05, 0) is 48.6 Å². The molecule has 3 aromatic rings. The summed E-state index contributed by atoms with van der Waals surface area (Å²) < 4.78 is 5.57. The van der Waals surface area contributed by atoms with Crippen molar-refractivity contribution in [3.8, 4) is 6.07 Å². The molecule has 0 saturated heterocycles. The largest absolute Gasteiger partial charge is 0.457 e. The van der Waals surface area contributed by atoms with E-state index in [9.17, 15) is 4.79 Å². The quantitative estimate of drug-likeness (QED) is 0.683. The zero-order chi connectivity index (χ0) is 17.2. The van der Waals surface area contributed by atoms with Crippen LogP contribution in [-0.4, -0.2) is 11.0 Å². The fourth-order valence-corrected chi connectivity index (χ4v) is 3.40. The van der Waals surface area contributed by atoms with Gasteiger partial charge >= 0.3 is 5.97 Å². The van der Waals surface area contributed by atoms with Gasteiger partial charge in [-0.15, -0.1) is 0 Å². The molecule has 1 heterocycles. The van der Waals surface area contributed by atoms with E-state index in [0.29, 0.717) is 11.1 Å². The summed E-state index contributed by atoms with van der Waals surface area (Å²) in [5.74, 6) is -0.320. The number of aryl methyl sites for hydroxylation is 1. The molecule has 1 aromatic heterocycles. The van der Waals surface area contributed by atoms with E-state index in [1.165, 1.54) is 0 Å². The maximum absolute atomic E-state index is 12.8. The first kappa shape index (κ1) is 15.3. The molecular formula is C21H16N2O2. The number of hydrogen-bond acceptors (Lipinski definition) is 4. The smallest absolute Gasteiger partial charge is 0.339 e. The number of carbonyl (C=O) groups is 1. The van der Waals surface area contributed by atoms with Crippen LogP contribution in [0.5, 0.6) is 0 Å². The lowest BCUT2D eigenvalue weighted by molar-refractivity contribution is 0.0474. The number of esters is 1. The van der Waals surface area contributed by atoms with Gasteiger partial charge in [0.15, 0.2) is 0 Å². The zero-order valence-electron chi connectivity index (χ0n) is 13.7. The van der Waals surface area contributed by atoms with Crippen LogP contribution in [0.2, 0.25) is 0 Å². The number of fused-ring (bicyclic) bond motifs is 2. The molecule has 0 atom stereocenters. The Labute approximate surface area is 145 Å². The molecule has 4 heteroatoms. The summed E-state index contributed by atoms with van der Waals surface area (Å²) in [6.07, 6.45) is 2.79. The van der Waals surface area contributed by atoms with Gasteiger partial charge in [0, 0.05) is 11.1 Å². The van der Waals surface area contributed by atoms with Gasteiger partial charge in [-0.3, -0.25) is 4.98 Å². The summed E-state index contributed by atoms with van der Waals surface area (Å²) in [6.45, 7) is 0.153. The minimum Gasteiger partial charge on any atom is -0.457 e. The van der Waals surface area contributed by atoms with E-state index in [1.54, 1.807) is 18.2 Å². The lowest BCUT2D eigenvalue weighted by Gasteiger charge is -2.12. The molecule has 1 aliphatic carbocycles. The number of nitriles is 1. The second kappa shape index (κ2) is 6.37. The summed E-state index contributed by atoms with van der Waals surface area (Å²) in [5.41, 5.74) is 4.88. The number of benzene rings is 2. The van der Waals surface area contributed by atoms with Crippen LogP contribution in [0.1, 0.15) is 39.2 Å². The molecule has 4 nitrogen and oxygen atoms in total. The molecule has 0 fully saturated rings. The Morgan fingerprint density at radius 3 is 2.92 bits per heavy atom. The number of ether oxygens (including phenoxy) is 1.